The van der Waals surface area contributed by atoms with Gasteiger partial charge in [-0.25, -0.2) is 0 Å². The van der Waals surface area contributed by atoms with Crippen LogP contribution in [0.4, 0.5) is 13.2 Å². The zero-order chi connectivity index (χ0) is 30.2. The number of halogens is 4. The second-order valence-corrected chi connectivity index (χ2v) is 10.3. The molecular formula is C30H31ClF3N3O4. The van der Waals surface area contributed by atoms with Crippen LogP contribution in [0.5, 0.6) is 5.75 Å². The van der Waals surface area contributed by atoms with Crippen molar-refractivity contribution in [2.24, 2.45) is 5.92 Å². The number of hydrogen-bond acceptors (Lipinski definition) is 5. The fourth-order valence-electron chi connectivity index (χ4n) is 4.30. The SMILES string of the molecule is COc1ccc([C@H](CC(=O)N[C@@H](Cc2ccccn2)C(=O)N[C@H](C(=O)C(F)(F)F)C(C)C)c2ccc(Cl)cc2)cc1. The highest BCUT2D eigenvalue weighted by Crippen LogP contribution is 2.30. The Morgan fingerprint density at radius 1 is 0.927 bits per heavy atom. The van der Waals surface area contributed by atoms with Gasteiger partial charge in [0, 0.05) is 35.7 Å². The lowest BCUT2D eigenvalue weighted by molar-refractivity contribution is -0.175. The number of ether oxygens (including phenoxy) is 1. The number of nitrogens with zero attached hydrogens (tertiary/aromatic N) is 1. The molecule has 1 aromatic heterocycles. The average Bonchev–Trinajstić information content (AvgIpc) is 2.94. The van der Waals surface area contributed by atoms with Crippen LogP contribution in [0.15, 0.2) is 72.9 Å². The number of pyridine rings is 1. The van der Waals surface area contributed by atoms with E-state index in [4.69, 9.17) is 16.3 Å². The molecule has 41 heavy (non-hydrogen) atoms. The number of amides is 2. The first-order valence-corrected chi connectivity index (χ1v) is 13.3. The summed E-state index contributed by atoms with van der Waals surface area (Å²) in [6.07, 6.45) is -3.82. The van der Waals surface area contributed by atoms with Crippen molar-refractivity contribution in [3.8, 4) is 5.75 Å². The number of rotatable bonds is 12. The summed E-state index contributed by atoms with van der Waals surface area (Å²) in [5.41, 5.74) is 2.02. The third-order valence-corrected chi connectivity index (χ3v) is 6.75. The summed E-state index contributed by atoms with van der Waals surface area (Å²) in [6, 6.07) is 16.0. The number of Topliss-reactive ketones (excluding diaryl/α,β-unsaturated/α-hetero) is 1. The van der Waals surface area contributed by atoms with Crippen LogP contribution < -0.4 is 15.4 Å². The summed E-state index contributed by atoms with van der Waals surface area (Å²) in [7, 11) is 1.54. The minimum absolute atomic E-state index is 0.0882. The molecule has 0 spiro atoms. The van der Waals surface area contributed by atoms with Gasteiger partial charge in [-0.3, -0.25) is 19.4 Å². The molecule has 3 rings (SSSR count). The third-order valence-electron chi connectivity index (χ3n) is 6.50. The first-order chi connectivity index (χ1) is 19.4. The lowest BCUT2D eigenvalue weighted by atomic mass is 9.88. The summed E-state index contributed by atoms with van der Waals surface area (Å²) in [5, 5.41) is 5.38. The van der Waals surface area contributed by atoms with Crippen molar-refractivity contribution < 1.29 is 32.3 Å². The number of benzene rings is 2. The molecule has 0 saturated heterocycles. The van der Waals surface area contributed by atoms with E-state index in [1.54, 1.807) is 54.6 Å². The molecule has 1 heterocycles. The van der Waals surface area contributed by atoms with Crippen molar-refractivity contribution >= 4 is 29.2 Å². The Kier molecular flexibility index (Phi) is 10.9. The van der Waals surface area contributed by atoms with Gasteiger partial charge in [0.2, 0.25) is 11.8 Å². The normalized spacial score (nSPS) is 13.7. The lowest BCUT2D eigenvalue weighted by Gasteiger charge is -2.26. The highest BCUT2D eigenvalue weighted by atomic mass is 35.5. The molecule has 3 aromatic rings. The molecule has 2 aromatic carbocycles. The van der Waals surface area contributed by atoms with Crippen LogP contribution in [0.1, 0.15) is 43.0 Å². The number of alkyl halides is 3. The smallest absolute Gasteiger partial charge is 0.452 e. The van der Waals surface area contributed by atoms with Gasteiger partial charge >= 0.3 is 6.18 Å². The molecule has 0 bridgehead atoms. The van der Waals surface area contributed by atoms with Crippen molar-refractivity contribution in [2.75, 3.05) is 7.11 Å². The van der Waals surface area contributed by atoms with Gasteiger partial charge < -0.3 is 15.4 Å². The Balaban J connectivity index is 1.87. The van der Waals surface area contributed by atoms with Gasteiger partial charge in [0.05, 0.1) is 13.2 Å². The molecule has 0 aliphatic rings. The summed E-state index contributed by atoms with van der Waals surface area (Å²) >= 11 is 6.06. The van der Waals surface area contributed by atoms with E-state index in [1.165, 1.54) is 27.2 Å². The number of carbonyl (C=O) groups is 3. The van der Waals surface area contributed by atoms with Gasteiger partial charge in [0.1, 0.15) is 11.8 Å². The number of carbonyl (C=O) groups excluding carboxylic acids is 3. The highest BCUT2D eigenvalue weighted by molar-refractivity contribution is 6.30. The predicted octanol–water partition coefficient (Wildman–Crippen LogP) is 5.27. The van der Waals surface area contributed by atoms with Crippen LogP contribution in [0, 0.1) is 5.92 Å². The first kappa shape index (κ1) is 31.6. The molecule has 0 unspecified atom stereocenters. The predicted molar refractivity (Wildman–Crippen MR) is 149 cm³/mol. The summed E-state index contributed by atoms with van der Waals surface area (Å²) in [4.78, 5) is 42.9. The van der Waals surface area contributed by atoms with Gasteiger partial charge in [-0.2, -0.15) is 13.2 Å². The zero-order valence-corrected chi connectivity index (χ0v) is 23.5. The maximum absolute atomic E-state index is 13.4. The van der Waals surface area contributed by atoms with Crippen LogP contribution in [0.3, 0.4) is 0 Å². The largest absolute Gasteiger partial charge is 0.497 e. The number of hydrogen-bond donors (Lipinski definition) is 2. The van der Waals surface area contributed by atoms with Crippen LogP contribution in [0.2, 0.25) is 5.02 Å². The number of aromatic nitrogens is 1. The molecule has 2 amide bonds. The Morgan fingerprint density at radius 2 is 1.54 bits per heavy atom. The van der Waals surface area contributed by atoms with Crippen molar-refractivity contribution in [3.05, 3.63) is 94.8 Å². The molecule has 2 N–H and O–H groups in total. The molecule has 0 radical (unpaired) electrons. The quantitative estimate of drug-likeness (QED) is 0.300. The van der Waals surface area contributed by atoms with Gasteiger partial charge in [-0.15, -0.1) is 0 Å². The fourth-order valence-corrected chi connectivity index (χ4v) is 4.43. The molecule has 0 saturated carbocycles. The minimum Gasteiger partial charge on any atom is -0.497 e. The second-order valence-electron chi connectivity index (χ2n) is 9.82. The summed E-state index contributed by atoms with van der Waals surface area (Å²) < 4.78 is 44.9. The van der Waals surface area contributed by atoms with E-state index in [1.807, 2.05) is 12.1 Å². The Labute approximate surface area is 241 Å². The summed E-state index contributed by atoms with van der Waals surface area (Å²) in [5.74, 6) is -4.16. The molecule has 0 aliphatic carbocycles. The first-order valence-electron chi connectivity index (χ1n) is 12.9. The van der Waals surface area contributed by atoms with E-state index in [0.29, 0.717) is 16.5 Å². The topological polar surface area (TPSA) is 97.4 Å². The van der Waals surface area contributed by atoms with Gasteiger partial charge in [-0.1, -0.05) is 55.8 Å². The Bertz CT molecular complexity index is 1320. The van der Waals surface area contributed by atoms with Crippen molar-refractivity contribution in [1.82, 2.24) is 15.6 Å². The Morgan fingerprint density at radius 3 is 2.05 bits per heavy atom. The number of nitrogens with one attached hydrogen (secondary N) is 2. The molecule has 0 aliphatic heterocycles. The molecule has 11 heteroatoms. The molecular weight excluding hydrogens is 559 g/mol. The number of ketones is 1. The number of methoxy groups -OCH3 is 1. The maximum atomic E-state index is 13.4. The van der Waals surface area contributed by atoms with Crippen LogP contribution in [-0.2, 0) is 20.8 Å². The Hall–Kier alpha value is -3.92. The second kappa shape index (κ2) is 14.1. The van der Waals surface area contributed by atoms with E-state index in [-0.39, 0.29) is 12.8 Å². The lowest BCUT2D eigenvalue weighted by Crippen LogP contribution is -2.56. The molecule has 7 nitrogen and oxygen atoms in total. The highest BCUT2D eigenvalue weighted by Gasteiger charge is 2.45. The van der Waals surface area contributed by atoms with E-state index >= 15 is 0 Å². The van der Waals surface area contributed by atoms with E-state index in [0.717, 1.165) is 11.1 Å². The molecule has 0 fully saturated rings. The van der Waals surface area contributed by atoms with Crippen molar-refractivity contribution in [3.63, 3.8) is 0 Å². The summed E-state index contributed by atoms with van der Waals surface area (Å²) in [6.45, 7) is 2.79. The van der Waals surface area contributed by atoms with E-state index < -0.39 is 47.7 Å². The third kappa shape index (κ3) is 9.04. The van der Waals surface area contributed by atoms with Gasteiger partial charge in [0.15, 0.2) is 0 Å². The standard InChI is InChI=1S/C30H31ClF3N3O4/c1-18(2)27(28(39)30(32,33)34)37-29(40)25(16-22-6-4-5-15-35-22)36-26(38)17-24(19-7-11-21(31)12-8-19)20-9-13-23(41-3)14-10-20/h4-15,18,24-25,27H,16-17H2,1-3H3,(H,36,38)(H,37,40)/t24-,25+,27+/m1/s1. The van der Waals surface area contributed by atoms with Crippen LogP contribution >= 0.6 is 11.6 Å². The van der Waals surface area contributed by atoms with Crippen LogP contribution in [0.25, 0.3) is 0 Å². The zero-order valence-electron chi connectivity index (χ0n) is 22.7. The van der Waals surface area contributed by atoms with Crippen LogP contribution in [-0.4, -0.2) is 48.0 Å². The van der Waals surface area contributed by atoms with E-state index in [9.17, 15) is 27.6 Å². The fraction of sp³-hybridized carbons (Fsp3) is 0.333. The molecule has 218 valence electrons. The maximum Gasteiger partial charge on any atom is 0.452 e. The van der Waals surface area contributed by atoms with Gasteiger partial charge in [-0.05, 0) is 53.4 Å². The minimum atomic E-state index is -5.13. The average molecular weight is 590 g/mol. The monoisotopic (exact) mass is 589 g/mol. The molecule has 3 atom stereocenters. The van der Waals surface area contributed by atoms with Gasteiger partial charge in [0.25, 0.3) is 5.78 Å². The van der Waals surface area contributed by atoms with Crippen molar-refractivity contribution in [2.45, 2.75) is 50.9 Å². The van der Waals surface area contributed by atoms with Crippen molar-refractivity contribution in [1.29, 1.82) is 0 Å². The van der Waals surface area contributed by atoms with E-state index in [2.05, 4.69) is 15.6 Å².